The van der Waals surface area contributed by atoms with E-state index in [0.29, 0.717) is 36.4 Å². The minimum Gasteiger partial charge on any atom is -0.492 e. The van der Waals surface area contributed by atoms with Crippen LogP contribution in [0.25, 0.3) is 11.4 Å². The Morgan fingerprint density at radius 3 is 2.69 bits per heavy atom. The molecule has 1 N–H and O–H groups in total. The molecule has 1 aliphatic rings. The zero-order chi connectivity index (χ0) is 22.3. The molecule has 168 valence electrons. The fraction of sp³-hybridized carbons (Fsp3) is 0.375. The summed E-state index contributed by atoms with van der Waals surface area (Å²) in [6, 6.07) is 15.3. The molecule has 1 fully saturated rings. The van der Waals surface area contributed by atoms with Gasteiger partial charge in [-0.1, -0.05) is 46.6 Å². The topological polar surface area (TPSA) is 80.5 Å². The molecule has 7 nitrogen and oxygen atoms in total. The van der Waals surface area contributed by atoms with E-state index in [1.807, 2.05) is 49.4 Å². The molecule has 0 atom stereocenters. The largest absolute Gasteiger partial charge is 0.492 e. The molecule has 2 aromatic carbocycles. The van der Waals surface area contributed by atoms with Crippen LogP contribution in [0.5, 0.6) is 5.75 Å². The number of carbonyl (C=O) groups is 1. The van der Waals surface area contributed by atoms with E-state index in [1.54, 1.807) is 6.07 Å². The summed E-state index contributed by atoms with van der Waals surface area (Å²) in [5.74, 6) is 1.98. The molecule has 2 heterocycles. The first-order chi connectivity index (χ1) is 15.6. The number of aromatic nitrogens is 2. The molecular weight excluding hydrogens is 428 g/mol. The van der Waals surface area contributed by atoms with E-state index in [4.69, 9.17) is 20.9 Å². The van der Waals surface area contributed by atoms with Gasteiger partial charge in [0.2, 0.25) is 17.6 Å². The summed E-state index contributed by atoms with van der Waals surface area (Å²) in [7, 11) is 0. The maximum absolute atomic E-state index is 12.5. The highest BCUT2D eigenvalue weighted by Crippen LogP contribution is 2.25. The molecule has 0 unspecified atom stereocenters. The van der Waals surface area contributed by atoms with Crippen LogP contribution < -0.4 is 10.1 Å². The van der Waals surface area contributed by atoms with E-state index in [0.717, 1.165) is 37.2 Å². The molecule has 1 aromatic heterocycles. The third-order valence-corrected chi connectivity index (χ3v) is 5.92. The molecule has 8 heteroatoms. The Morgan fingerprint density at radius 1 is 1.19 bits per heavy atom. The minimum atomic E-state index is 0.0204. The third kappa shape index (κ3) is 5.87. The molecule has 0 bridgehead atoms. The van der Waals surface area contributed by atoms with Gasteiger partial charge in [0.25, 0.3) is 0 Å². The number of piperidine rings is 1. The molecule has 1 amide bonds. The predicted molar refractivity (Wildman–Crippen MR) is 122 cm³/mol. The Hall–Kier alpha value is -2.90. The van der Waals surface area contributed by atoms with Crippen molar-refractivity contribution in [3.8, 4) is 17.1 Å². The van der Waals surface area contributed by atoms with Crippen LogP contribution in [0.2, 0.25) is 5.02 Å². The lowest BCUT2D eigenvalue weighted by atomic mass is 9.96. The smallest absolute Gasteiger partial charge is 0.241 e. The van der Waals surface area contributed by atoms with Crippen molar-refractivity contribution in [3.05, 3.63) is 65.0 Å². The number of likely N-dealkylation sites (tertiary alicyclic amines) is 1. The molecule has 1 aliphatic heterocycles. The first kappa shape index (κ1) is 22.3. The van der Waals surface area contributed by atoms with E-state index in [9.17, 15) is 4.79 Å². The highest BCUT2D eigenvalue weighted by Gasteiger charge is 2.26. The fourth-order valence-corrected chi connectivity index (χ4v) is 3.96. The predicted octanol–water partition coefficient (Wildman–Crippen LogP) is 4.11. The molecule has 32 heavy (non-hydrogen) atoms. The molecule has 0 saturated carbocycles. The molecule has 4 rings (SSSR count). The minimum absolute atomic E-state index is 0.0204. The van der Waals surface area contributed by atoms with Crippen LogP contribution >= 0.6 is 11.6 Å². The van der Waals surface area contributed by atoms with Crippen LogP contribution in [0.15, 0.2) is 53.1 Å². The number of nitrogens with one attached hydrogen (secondary N) is 1. The van der Waals surface area contributed by atoms with Gasteiger partial charge in [-0.25, -0.2) is 0 Å². The Morgan fingerprint density at radius 2 is 1.94 bits per heavy atom. The van der Waals surface area contributed by atoms with Gasteiger partial charge in [0.15, 0.2) is 0 Å². The zero-order valence-electron chi connectivity index (χ0n) is 18.1. The van der Waals surface area contributed by atoms with Gasteiger partial charge in [-0.3, -0.25) is 9.69 Å². The summed E-state index contributed by atoms with van der Waals surface area (Å²) in [5, 5.41) is 7.63. The Balaban J connectivity index is 1.18. The van der Waals surface area contributed by atoms with Crippen LogP contribution in [-0.2, 0) is 11.3 Å². The highest BCUT2D eigenvalue weighted by molar-refractivity contribution is 6.33. The molecule has 0 aliphatic carbocycles. The van der Waals surface area contributed by atoms with Gasteiger partial charge < -0.3 is 14.6 Å². The number of halogens is 1. The number of aryl methyl sites for hydroxylation is 1. The van der Waals surface area contributed by atoms with E-state index in [1.165, 1.54) is 5.56 Å². The standard InChI is InChI=1S/C24H27ClN4O3/c1-17-6-8-19(9-7-17)31-15-12-26-24(30)18-10-13-29(14-11-18)16-22-27-23(28-32-22)20-4-2-3-5-21(20)25/h2-9,18H,10-16H2,1H3,(H,26,30). The van der Waals surface area contributed by atoms with Crippen LogP contribution in [0.4, 0.5) is 0 Å². The van der Waals surface area contributed by atoms with Crippen molar-refractivity contribution in [2.45, 2.75) is 26.3 Å². The summed E-state index contributed by atoms with van der Waals surface area (Å²) in [6.07, 6.45) is 1.60. The Labute approximate surface area is 192 Å². The summed E-state index contributed by atoms with van der Waals surface area (Å²) >= 11 is 6.21. The lowest BCUT2D eigenvalue weighted by Crippen LogP contribution is -2.41. The van der Waals surface area contributed by atoms with Crippen molar-refractivity contribution in [2.75, 3.05) is 26.2 Å². The zero-order valence-corrected chi connectivity index (χ0v) is 18.8. The van der Waals surface area contributed by atoms with Gasteiger partial charge in [-0.2, -0.15) is 4.98 Å². The fourth-order valence-electron chi connectivity index (χ4n) is 3.74. The van der Waals surface area contributed by atoms with E-state index >= 15 is 0 Å². The Bertz CT molecular complexity index is 1030. The number of hydrogen-bond acceptors (Lipinski definition) is 6. The molecule has 3 aromatic rings. The molecule has 0 spiro atoms. The van der Waals surface area contributed by atoms with Crippen LogP contribution in [0.1, 0.15) is 24.3 Å². The first-order valence-corrected chi connectivity index (χ1v) is 11.2. The molecule has 1 saturated heterocycles. The number of ether oxygens (including phenoxy) is 1. The average molecular weight is 455 g/mol. The highest BCUT2D eigenvalue weighted by atomic mass is 35.5. The second-order valence-corrected chi connectivity index (χ2v) is 8.40. The van der Waals surface area contributed by atoms with Crippen LogP contribution in [-0.4, -0.2) is 47.2 Å². The summed E-state index contributed by atoms with van der Waals surface area (Å²) in [5.41, 5.74) is 1.95. The van der Waals surface area contributed by atoms with Crippen LogP contribution in [0.3, 0.4) is 0 Å². The molecule has 0 radical (unpaired) electrons. The van der Waals surface area contributed by atoms with Gasteiger partial charge >= 0.3 is 0 Å². The third-order valence-electron chi connectivity index (χ3n) is 5.59. The SMILES string of the molecule is Cc1ccc(OCCNC(=O)C2CCN(Cc3nc(-c4ccccc4Cl)no3)CC2)cc1. The van der Waals surface area contributed by atoms with E-state index < -0.39 is 0 Å². The van der Waals surface area contributed by atoms with Crippen LogP contribution in [0, 0.1) is 12.8 Å². The number of benzene rings is 2. The van der Waals surface area contributed by atoms with Gasteiger partial charge in [0.05, 0.1) is 18.1 Å². The number of nitrogens with zero attached hydrogens (tertiary/aromatic N) is 3. The van der Waals surface area contributed by atoms with Gasteiger partial charge in [0.1, 0.15) is 12.4 Å². The van der Waals surface area contributed by atoms with E-state index in [-0.39, 0.29) is 11.8 Å². The summed E-state index contributed by atoms with van der Waals surface area (Å²) in [6.45, 7) is 5.17. The monoisotopic (exact) mass is 454 g/mol. The van der Waals surface area contributed by atoms with Gasteiger partial charge in [0, 0.05) is 11.5 Å². The van der Waals surface area contributed by atoms with Crippen molar-refractivity contribution in [1.29, 1.82) is 0 Å². The average Bonchev–Trinajstić information content (AvgIpc) is 3.27. The first-order valence-electron chi connectivity index (χ1n) is 10.9. The summed E-state index contributed by atoms with van der Waals surface area (Å²) in [4.78, 5) is 19.2. The van der Waals surface area contributed by atoms with Crippen molar-refractivity contribution < 1.29 is 14.1 Å². The second-order valence-electron chi connectivity index (χ2n) is 7.99. The van der Waals surface area contributed by atoms with E-state index in [2.05, 4.69) is 20.4 Å². The van der Waals surface area contributed by atoms with Crippen molar-refractivity contribution >= 4 is 17.5 Å². The lowest BCUT2D eigenvalue weighted by molar-refractivity contribution is -0.126. The quantitative estimate of drug-likeness (QED) is 0.516. The number of carbonyl (C=O) groups excluding carboxylic acids is 1. The lowest BCUT2D eigenvalue weighted by Gasteiger charge is -2.30. The summed E-state index contributed by atoms with van der Waals surface area (Å²) < 4.78 is 11.1. The number of hydrogen-bond donors (Lipinski definition) is 1. The van der Waals surface area contributed by atoms with Crippen molar-refractivity contribution in [1.82, 2.24) is 20.4 Å². The van der Waals surface area contributed by atoms with Gasteiger partial charge in [-0.15, -0.1) is 0 Å². The van der Waals surface area contributed by atoms with Crippen molar-refractivity contribution in [3.63, 3.8) is 0 Å². The van der Waals surface area contributed by atoms with Crippen molar-refractivity contribution in [2.24, 2.45) is 5.92 Å². The number of rotatable bonds is 8. The van der Waals surface area contributed by atoms with Gasteiger partial charge in [-0.05, 0) is 57.1 Å². The molecular formula is C24H27ClN4O3. The maximum atomic E-state index is 12.5. The number of amides is 1. The second kappa shape index (κ2) is 10.6. The normalized spacial score (nSPS) is 14.9. The maximum Gasteiger partial charge on any atom is 0.241 e. The Kier molecular flexibility index (Phi) is 7.39.